The molecule has 0 aliphatic rings. The Hall–Kier alpha value is -1.66. The summed E-state index contributed by atoms with van der Waals surface area (Å²) in [6.45, 7) is 0.993. The molecule has 1 aromatic rings. The Morgan fingerprint density at radius 3 is 2.64 bits per heavy atom. The summed E-state index contributed by atoms with van der Waals surface area (Å²) < 4.78 is 40.9. The van der Waals surface area contributed by atoms with Crippen molar-refractivity contribution in [2.45, 2.75) is 13.1 Å². The van der Waals surface area contributed by atoms with E-state index in [-0.39, 0.29) is 0 Å². The Morgan fingerprint density at radius 1 is 1.50 bits per heavy atom. The molecular formula is C7H5F3N2O2. The molecule has 4 nitrogen and oxygen atoms in total. The van der Waals surface area contributed by atoms with Crippen LogP contribution in [0.2, 0.25) is 0 Å². The standard InChI is InChI=1S/C7H5F3N2O2/c1-4(13)14-5-2-11-3-12-6(5)7(8,9)10/h2-3H,1H3. The average molecular weight is 206 g/mol. The summed E-state index contributed by atoms with van der Waals surface area (Å²) in [5.41, 5.74) is -1.26. The maximum absolute atomic E-state index is 12.2. The number of rotatable bonds is 1. The number of carbonyl (C=O) groups excluding carboxylic acids is 1. The third kappa shape index (κ3) is 2.41. The first-order valence-electron chi connectivity index (χ1n) is 3.47. The smallest absolute Gasteiger partial charge is 0.423 e. The fraction of sp³-hybridized carbons (Fsp3) is 0.286. The van der Waals surface area contributed by atoms with Crippen LogP contribution in [0.1, 0.15) is 12.6 Å². The van der Waals surface area contributed by atoms with Gasteiger partial charge >= 0.3 is 12.1 Å². The Bertz CT molecular complexity index is 351. The number of alkyl halides is 3. The molecule has 0 aromatic carbocycles. The zero-order chi connectivity index (χ0) is 10.8. The lowest BCUT2D eigenvalue weighted by atomic mass is 10.3. The summed E-state index contributed by atoms with van der Waals surface area (Å²) in [6, 6.07) is 0. The van der Waals surface area contributed by atoms with E-state index in [0.717, 1.165) is 19.4 Å². The van der Waals surface area contributed by atoms with Crippen molar-refractivity contribution in [2.24, 2.45) is 0 Å². The minimum absolute atomic E-state index is 0.687. The summed E-state index contributed by atoms with van der Waals surface area (Å²) in [6.07, 6.45) is -3.14. The highest BCUT2D eigenvalue weighted by atomic mass is 19.4. The van der Waals surface area contributed by atoms with Crippen molar-refractivity contribution < 1.29 is 22.7 Å². The predicted octanol–water partition coefficient (Wildman–Crippen LogP) is 1.42. The fourth-order valence-corrected chi connectivity index (χ4v) is 0.759. The van der Waals surface area contributed by atoms with E-state index >= 15 is 0 Å². The first-order valence-corrected chi connectivity index (χ1v) is 3.47. The monoisotopic (exact) mass is 206 g/mol. The summed E-state index contributed by atoms with van der Waals surface area (Å²) in [4.78, 5) is 16.8. The van der Waals surface area contributed by atoms with E-state index in [9.17, 15) is 18.0 Å². The zero-order valence-electron chi connectivity index (χ0n) is 7.00. The SMILES string of the molecule is CC(=O)Oc1cncnc1C(F)(F)F. The molecule has 0 N–H and O–H groups in total. The van der Waals surface area contributed by atoms with E-state index in [1.54, 1.807) is 0 Å². The molecule has 0 fully saturated rings. The number of aromatic nitrogens is 2. The van der Waals surface area contributed by atoms with Gasteiger partial charge in [0.2, 0.25) is 0 Å². The summed E-state index contributed by atoms with van der Waals surface area (Å²) >= 11 is 0. The quantitative estimate of drug-likeness (QED) is 0.652. The third-order valence-electron chi connectivity index (χ3n) is 1.20. The van der Waals surface area contributed by atoms with Gasteiger partial charge in [0.05, 0.1) is 6.20 Å². The number of ether oxygens (including phenoxy) is 1. The minimum atomic E-state index is -4.66. The molecule has 76 valence electrons. The van der Waals surface area contributed by atoms with E-state index in [2.05, 4.69) is 14.7 Å². The molecule has 7 heteroatoms. The highest BCUT2D eigenvalue weighted by molar-refractivity contribution is 5.69. The first-order chi connectivity index (χ1) is 6.41. The molecule has 0 radical (unpaired) electrons. The van der Waals surface area contributed by atoms with Crippen LogP contribution in [0, 0.1) is 0 Å². The average Bonchev–Trinajstić information content (AvgIpc) is 2.01. The van der Waals surface area contributed by atoms with Gasteiger partial charge in [0.1, 0.15) is 6.33 Å². The van der Waals surface area contributed by atoms with Crippen molar-refractivity contribution in [3.8, 4) is 5.75 Å². The lowest BCUT2D eigenvalue weighted by Crippen LogP contribution is -2.13. The number of hydrogen-bond donors (Lipinski definition) is 0. The molecule has 0 saturated carbocycles. The van der Waals surface area contributed by atoms with Gasteiger partial charge in [0, 0.05) is 6.92 Å². The largest absolute Gasteiger partial charge is 0.437 e. The van der Waals surface area contributed by atoms with Gasteiger partial charge in [-0.2, -0.15) is 13.2 Å². The molecular weight excluding hydrogens is 201 g/mol. The summed E-state index contributed by atoms with van der Waals surface area (Å²) in [5, 5.41) is 0. The van der Waals surface area contributed by atoms with Gasteiger partial charge in [-0.15, -0.1) is 0 Å². The Morgan fingerprint density at radius 2 is 2.14 bits per heavy atom. The van der Waals surface area contributed by atoms with Crippen molar-refractivity contribution in [3.63, 3.8) is 0 Å². The molecule has 0 atom stereocenters. The topological polar surface area (TPSA) is 52.1 Å². The van der Waals surface area contributed by atoms with E-state index in [1.165, 1.54) is 0 Å². The van der Waals surface area contributed by atoms with Gasteiger partial charge < -0.3 is 4.74 Å². The van der Waals surface area contributed by atoms with Crippen LogP contribution in [0.15, 0.2) is 12.5 Å². The summed E-state index contributed by atoms with van der Waals surface area (Å²) in [5.74, 6) is -1.54. The number of nitrogens with zero attached hydrogens (tertiary/aromatic N) is 2. The van der Waals surface area contributed by atoms with Gasteiger partial charge in [0.15, 0.2) is 11.4 Å². The van der Waals surface area contributed by atoms with Crippen LogP contribution in [0.3, 0.4) is 0 Å². The molecule has 1 aromatic heterocycles. The predicted molar refractivity (Wildman–Crippen MR) is 38.3 cm³/mol. The number of esters is 1. The van der Waals surface area contributed by atoms with Crippen LogP contribution >= 0.6 is 0 Å². The van der Waals surface area contributed by atoms with Crippen molar-refractivity contribution in [1.82, 2.24) is 9.97 Å². The molecule has 0 bridgehead atoms. The number of hydrogen-bond acceptors (Lipinski definition) is 4. The van der Waals surface area contributed by atoms with Gasteiger partial charge in [-0.1, -0.05) is 0 Å². The zero-order valence-corrected chi connectivity index (χ0v) is 7.00. The molecule has 0 unspecified atom stereocenters. The minimum Gasteiger partial charge on any atom is -0.423 e. The van der Waals surface area contributed by atoms with Crippen molar-refractivity contribution in [1.29, 1.82) is 0 Å². The molecule has 0 amide bonds. The van der Waals surface area contributed by atoms with Crippen LogP contribution in [-0.4, -0.2) is 15.9 Å². The van der Waals surface area contributed by atoms with Crippen molar-refractivity contribution in [3.05, 3.63) is 18.2 Å². The molecule has 1 heterocycles. The third-order valence-corrected chi connectivity index (χ3v) is 1.20. The van der Waals surface area contributed by atoms with Crippen molar-refractivity contribution >= 4 is 5.97 Å². The lowest BCUT2D eigenvalue weighted by molar-refractivity contribution is -0.144. The van der Waals surface area contributed by atoms with Crippen LogP contribution in [0.4, 0.5) is 13.2 Å². The number of halogens is 3. The highest BCUT2D eigenvalue weighted by Gasteiger charge is 2.36. The maximum atomic E-state index is 12.2. The Balaban J connectivity index is 3.10. The van der Waals surface area contributed by atoms with Gasteiger partial charge in [-0.3, -0.25) is 4.79 Å². The molecule has 0 aliphatic heterocycles. The van der Waals surface area contributed by atoms with Crippen LogP contribution in [0.25, 0.3) is 0 Å². The molecule has 1 rings (SSSR count). The summed E-state index contributed by atoms with van der Waals surface area (Å²) in [7, 11) is 0. The second kappa shape index (κ2) is 3.60. The molecule has 0 spiro atoms. The Labute approximate surface area is 76.7 Å². The second-order valence-corrected chi connectivity index (χ2v) is 2.33. The van der Waals surface area contributed by atoms with E-state index in [4.69, 9.17) is 0 Å². The maximum Gasteiger partial charge on any atom is 0.437 e. The lowest BCUT2D eigenvalue weighted by Gasteiger charge is -2.09. The molecule has 0 aliphatic carbocycles. The normalized spacial score (nSPS) is 11.1. The fourth-order valence-electron chi connectivity index (χ4n) is 0.759. The van der Waals surface area contributed by atoms with Crippen LogP contribution < -0.4 is 4.74 Å². The van der Waals surface area contributed by atoms with Crippen LogP contribution in [-0.2, 0) is 11.0 Å². The van der Waals surface area contributed by atoms with Gasteiger partial charge in [-0.25, -0.2) is 9.97 Å². The highest BCUT2D eigenvalue weighted by Crippen LogP contribution is 2.33. The van der Waals surface area contributed by atoms with E-state index < -0.39 is 23.6 Å². The van der Waals surface area contributed by atoms with E-state index in [1.807, 2.05) is 0 Å². The Kier molecular flexibility index (Phi) is 2.68. The van der Waals surface area contributed by atoms with Gasteiger partial charge in [0.25, 0.3) is 0 Å². The van der Waals surface area contributed by atoms with Crippen LogP contribution in [0.5, 0.6) is 5.75 Å². The van der Waals surface area contributed by atoms with Gasteiger partial charge in [-0.05, 0) is 0 Å². The molecule has 0 saturated heterocycles. The first kappa shape index (κ1) is 10.4. The van der Waals surface area contributed by atoms with E-state index in [0.29, 0.717) is 0 Å². The number of carbonyl (C=O) groups is 1. The second-order valence-electron chi connectivity index (χ2n) is 2.33. The molecule has 14 heavy (non-hydrogen) atoms. The van der Waals surface area contributed by atoms with Crippen molar-refractivity contribution in [2.75, 3.05) is 0 Å².